The van der Waals surface area contributed by atoms with Gasteiger partial charge in [0.05, 0.1) is 23.8 Å². The second-order valence-electron chi connectivity index (χ2n) is 7.52. The van der Waals surface area contributed by atoms with Crippen LogP contribution in [0.5, 0.6) is 5.75 Å². The summed E-state index contributed by atoms with van der Waals surface area (Å²) >= 11 is 0. The lowest BCUT2D eigenvalue weighted by Crippen LogP contribution is -2.27. The van der Waals surface area contributed by atoms with E-state index in [0.29, 0.717) is 17.7 Å². The van der Waals surface area contributed by atoms with Gasteiger partial charge in [-0.1, -0.05) is 42.5 Å². The number of aromatic carboxylic acids is 1. The summed E-state index contributed by atoms with van der Waals surface area (Å²) < 4.78 is 45.3. The van der Waals surface area contributed by atoms with E-state index in [1.54, 1.807) is 6.07 Å². The second kappa shape index (κ2) is 8.07. The Balaban J connectivity index is 1.68. The molecule has 160 valence electrons. The molecule has 4 rings (SSSR count). The van der Waals surface area contributed by atoms with Gasteiger partial charge in [-0.15, -0.1) is 0 Å². The highest BCUT2D eigenvalue weighted by atomic mass is 19.4. The van der Waals surface area contributed by atoms with Crippen molar-refractivity contribution in [3.05, 3.63) is 89.0 Å². The molecule has 0 saturated carbocycles. The third-order valence-electron chi connectivity index (χ3n) is 5.46. The first-order valence-corrected chi connectivity index (χ1v) is 9.67. The molecule has 7 heteroatoms. The minimum absolute atomic E-state index is 0.0605. The van der Waals surface area contributed by atoms with Crippen molar-refractivity contribution in [3.8, 4) is 16.9 Å². The first kappa shape index (κ1) is 20.9. The van der Waals surface area contributed by atoms with Crippen LogP contribution < -0.4 is 4.74 Å². The number of fused-ring (bicyclic) bond motifs is 1. The number of hydrogen-bond donors (Lipinski definition) is 2. The molecule has 3 aromatic carbocycles. The lowest BCUT2D eigenvalue weighted by molar-refractivity contribution is -0.137. The van der Waals surface area contributed by atoms with Crippen molar-refractivity contribution < 1.29 is 32.9 Å². The van der Waals surface area contributed by atoms with Crippen molar-refractivity contribution in [2.45, 2.75) is 18.7 Å². The van der Waals surface area contributed by atoms with Gasteiger partial charge in [0.25, 0.3) is 0 Å². The van der Waals surface area contributed by atoms with Crippen molar-refractivity contribution >= 4 is 5.97 Å². The van der Waals surface area contributed by atoms with Crippen LogP contribution in [0, 0.1) is 5.92 Å². The number of alkyl halides is 3. The standard InChI is InChI=1S/C24H19F3O4/c25-24(26,27)17-7-9-18(23(29)30)20(12-17)15-6-8-19-21(11-15)31-13-16(22(19)28)10-14-4-2-1-3-5-14/h1-9,11-12,16,22,28H,10,13H2,(H,29,30)/t16-,22?/m0/s1. The molecule has 0 amide bonds. The molecule has 1 heterocycles. The van der Waals surface area contributed by atoms with Crippen LogP contribution in [-0.4, -0.2) is 22.8 Å². The summed E-state index contributed by atoms with van der Waals surface area (Å²) in [6.45, 7) is 0.237. The number of aliphatic hydroxyl groups is 1. The van der Waals surface area contributed by atoms with E-state index in [1.165, 1.54) is 12.1 Å². The first-order valence-electron chi connectivity index (χ1n) is 9.67. The van der Waals surface area contributed by atoms with E-state index < -0.39 is 23.8 Å². The zero-order valence-electron chi connectivity index (χ0n) is 16.3. The second-order valence-corrected chi connectivity index (χ2v) is 7.52. The van der Waals surface area contributed by atoms with Gasteiger partial charge >= 0.3 is 12.1 Å². The summed E-state index contributed by atoms with van der Waals surface area (Å²) in [4.78, 5) is 11.6. The van der Waals surface area contributed by atoms with Crippen LogP contribution in [0.2, 0.25) is 0 Å². The Bertz CT molecular complexity index is 1110. The molecule has 1 aliphatic rings. The molecule has 31 heavy (non-hydrogen) atoms. The van der Waals surface area contributed by atoms with Crippen LogP contribution in [0.3, 0.4) is 0 Å². The summed E-state index contributed by atoms with van der Waals surface area (Å²) in [5, 5.41) is 20.2. The highest BCUT2D eigenvalue weighted by Crippen LogP contribution is 2.41. The predicted octanol–water partition coefficient (Wildman–Crippen LogP) is 5.36. The molecule has 0 aromatic heterocycles. The zero-order chi connectivity index (χ0) is 22.2. The number of carboxylic acid groups (broad SMARTS) is 1. The van der Waals surface area contributed by atoms with Gasteiger partial charge < -0.3 is 14.9 Å². The van der Waals surface area contributed by atoms with Crippen LogP contribution in [0.4, 0.5) is 13.2 Å². The average Bonchev–Trinajstić information content (AvgIpc) is 2.75. The molecular weight excluding hydrogens is 409 g/mol. The number of rotatable bonds is 4. The maximum absolute atomic E-state index is 13.2. The van der Waals surface area contributed by atoms with E-state index in [0.717, 1.165) is 23.8 Å². The smallest absolute Gasteiger partial charge is 0.416 e. The van der Waals surface area contributed by atoms with Crippen LogP contribution in [0.1, 0.15) is 33.2 Å². The Morgan fingerprint density at radius 2 is 1.77 bits per heavy atom. The van der Waals surface area contributed by atoms with Crippen LogP contribution in [-0.2, 0) is 12.6 Å². The van der Waals surface area contributed by atoms with Gasteiger partial charge in [0.2, 0.25) is 0 Å². The molecule has 2 atom stereocenters. The van der Waals surface area contributed by atoms with E-state index in [-0.39, 0.29) is 29.2 Å². The van der Waals surface area contributed by atoms with E-state index in [1.807, 2.05) is 30.3 Å². The minimum atomic E-state index is -4.60. The van der Waals surface area contributed by atoms with Gasteiger partial charge in [-0.25, -0.2) is 4.79 Å². The van der Waals surface area contributed by atoms with E-state index in [4.69, 9.17) is 4.74 Å². The number of benzene rings is 3. The predicted molar refractivity (Wildman–Crippen MR) is 108 cm³/mol. The van der Waals surface area contributed by atoms with Gasteiger partial charge in [-0.05, 0) is 47.4 Å². The molecule has 0 bridgehead atoms. The maximum atomic E-state index is 13.2. The third kappa shape index (κ3) is 4.27. The fourth-order valence-corrected chi connectivity index (χ4v) is 3.85. The quantitative estimate of drug-likeness (QED) is 0.588. The van der Waals surface area contributed by atoms with E-state index in [9.17, 15) is 28.2 Å². The Hall–Kier alpha value is -3.32. The summed E-state index contributed by atoms with van der Waals surface area (Å²) in [5.41, 5.74) is 0.621. The fourth-order valence-electron chi connectivity index (χ4n) is 3.85. The Kier molecular flexibility index (Phi) is 5.45. The normalized spacial score (nSPS) is 18.2. The van der Waals surface area contributed by atoms with Crippen LogP contribution >= 0.6 is 0 Å². The number of carboxylic acids is 1. The molecule has 4 nitrogen and oxygen atoms in total. The molecule has 0 aliphatic carbocycles. The van der Waals surface area contributed by atoms with E-state index in [2.05, 4.69) is 0 Å². The average molecular weight is 428 g/mol. The monoisotopic (exact) mass is 428 g/mol. The Morgan fingerprint density at radius 1 is 1.03 bits per heavy atom. The number of halogens is 3. The summed E-state index contributed by atoms with van der Waals surface area (Å²) in [7, 11) is 0. The lowest BCUT2D eigenvalue weighted by Gasteiger charge is -2.31. The molecule has 1 unspecified atom stereocenters. The summed E-state index contributed by atoms with van der Waals surface area (Å²) in [6, 6.07) is 16.8. The number of carbonyl (C=O) groups is 1. The minimum Gasteiger partial charge on any atom is -0.493 e. The highest BCUT2D eigenvalue weighted by Gasteiger charge is 2.33. The molecule has 3 aromatic rings. The number of aliphatic hydroxyl groups excluding tert-OH is 1. The largest absolute Gasteiger partial charge is 0.493 e. The van der Waals surface area contributed by atoms with Crippen molar-refractivity contribution in [2.24, 2.45) is 5.92 Å². The van der Waals surface area contributed by atoms with Crippen molar-refractivity contribution in [1.29, 1.82) is 0 Å². The van der Waals surface area contributed by atoms with Gasteiger partial charge in [-0.3, -0.25) is 0 Å². The number of hydrogen-bond acceptors (Lipinski definition) is 3. The van der Waals surface area contributed by atoms with Crippen molar-refractivity contribution in [3.63, 3.8) is 0 Å². The molecule has 0 radical (unpaired) electrons. The topological polar surface area (TPSA) is 66.8 Å². The molecule has 0 saturated heterocycles. The van der Waals surface area contributed by atoms with Gasteiger partial charge in [0.15, 0.2) is 0 Å². The van der Waals surface area contributed by atoms with Crippen LogP contribution in [0.25, 0.3) is 11.1 Å². The van der Waals surface area contributed by atoms with Crippen molar-refractivity contribution in [1.82, 2.24) is 0 Å². The van der Waals surface area contributed by atoms with Gasteiger partial charge in [0, 0.05) is 11.5 Å². The molecule has 0 fully saturated rings. The van der Waals surface area contributed by atoms with Crippen molar-refractivity contribution in [2.75, 3.05) is 6.61 Å². The SMILES string of the molecule is O=C(O)c1ccc(C(F)(F)F)cc1-c1ccc2c(c1)OC[C@H](Cc1ccccc1)C2O. The fraction of sp³-hybridized carbons (Fsp3) is 0.208. The highest BCUT2D eigenvalue weighted by molar-refractivity contribution is 5.96. The van der Waals surface area contributed by atoms with Gasteiger partial charge in [0.1, 0.15) is 5.75 Å². The third-order valence-corrected chi connectivity index (χ3v) is 5.46. The Morgan fingerprint density at radius 3 is 2.45 bits per heavy atom. The molecule has 2 N–H and O–H groups in total. The van der Waals surface area contributed by atoms with E-state index >= 15 is 0 Å². The number of ether oxygens (including phenoxy) is 1. The van der Waals surface area contributed by atoms with Gasteiger partial charge in [-0.2, -0.15) is 13.2 Å². The lowest BCUT2D eigenvalue weighted by atomic mass is 9.87. The summed E-state index contributed by atoms with van der Waals surface area (Å²) in [6.07, 6.45) is -4.80. The molecule has 0 spiro atoms. The maximum Gasteiger partial charge on any atom is 0.416 e. The Labute approximate surface area is 176 Å². The first-order chi connectivity index (χ1) is 14.7. The summed E-state index contributed by atoms with van der Waals surface area (Å²) in [5.74, 6) is -1.17. The zero-order valence-corrected chi connectivity index (χ0v) is 16.3. The van der Waals surface area contributed by atoms with Crippen LogP contribution in [0.15, 0.2) is 66.7 Å². The molecular formula is C24H19F3O4. The molecule has 1 aliphatic heterocycles.